The van der Waals surface area contributed by atoms with E-state index in [0.29, 0.717) is 6.42 Å². The molecule has 0 radical (unpaired) electrons. The molecule has 0 aliphatic carbocycles. The highest BCUT2D eigenvalue weighted by atomic mass is 79.9. The Hall–Kier alpha value is -0.670. The second kappa shape index (κ2) is 8.44. The van der Waals surface area contributed by atoms with Gasteiger partial charge in [0.05, 0.1) is 0 Å². The quantitative estimate of drug-likeness (QED) is 0.672. The SMILES string of the molecule is CCCN(CCC)CCC(=O)c1ccc(Br)cc1. The summed E-state index contributed by atoms with van der Waals surface area (Å²) in [5.74, 6) is 0.236. The first-order valence-electron chi connectivity index (χ1n) is 6.68. The molecule has 0 N–H and O–H groups in total. The van der Waals surface area contributed by atoms with Crippen molar-refractivity contribution in [3.8, 4) is 0 Å². The number of ketones is 1. The molecule has 0 amide bonds. The highest BCUT2D eigenvalue weighted by Crippen LogP contribution is 2.12. The Morgan fingerprint density at radius 3 is 2.11 bits per heavy atom. The van der Waals surface area contributed by atoms with E-state index in [-0.39, 0.29) is 5.78 Å². The van der Waals surface area contributed by atoms with Crippen molar-refractivity contribution >= 4 is 21.7 Å². The van der Waals surface area contributed by atoms with E-state index in [0.717, 1.165) is 42.5 Å². The topological polar surface area (TPSA) is 20.3 Å². The third-order valence-electron chi connectivity index (χ3n) is 2.90. The normalized spacial score (nSPS) is 10.9. The van der Waals surface area contributed by atoms with Crippen molar-refractivity contribution in [2.24, 2.45) is 0 Å². The summed E-state index contributed by atoms with van der Waals surface area (Å²) in [6, 6.07) is 7.61. The Balaban J connectivity index is 2.46. The van der Waals surface area contributed by atoms with Gasteiger partial charge in [-0.1, -0.05) is 41.9 Å². The molecule has 0 aliphatic rings. The maximum Gasteiger partial charge on any atom is 0.164 e. The molecule has 2 nitrogen and oxygen atoms in total. The van der Waals surface area contributed by atoms with Crippen LogP contribution < -0.4 is 0 Å². The Morgan fingerprint density at radius 2 is 1.61 bits per heavy atom. The van der Waals surface area contributed by atoms with E-state index in [9.17, 15) is 4.79 Å². The van der Waals surface area contributed by atoms with Gasteiger partial charge < -0.3 is 4.90 Å². The van der Waals surface area contributed by atoms with E-state index < -0.39 is 0 Å². The van der Waals surface area contributed by atoms with Crippen LogP contribution in [0.4, 0.5) is 0 Å². The van der Waals surface area contributed by atoms with Crippen molar-refractivity contribution in [3.05, 3.63) is 34.3 Å². The molecule has 1 aromatic rings. The maximum absolute atomic E-state index is 12.0. The molecule has 0 fully saturated rings. The number of Topliss-reactive ketones (excluding diaryl/α,β-unsaturated/α-hetero) is 1. The lowest BCUT2D eigenvalue weighted by molar-refractivity contribution is 0.0964. The van der Waals surface area contributed by atoms with E-state index in [1.54, 1.807) is 0 Å². The average Bonchev–Trinajstić information content (AvgIpc) is 2.37. The number of halogens is 1. The highest BCUT2D eigenvalue weighted by Gasteiger charge is 2.09. The van der Waals surface area contributed by atoms with Crippen LogP contribution in [0, 0.1) is 0 Å². The minimum absolute atomic E-state index is 0.236. The van der Waals surface area contributed by atoms with Crippen LogP contribution in [-0.4, -0.2) is 30.3 Å². The molecular weight excluding hydrogens is 290 g/mol. The third-order valence-corrected chi connectivity index (χ3v) is 3.43. The molecule has 0 unspecified atom stereocenters. The van der Waals surface area contributed by atoms with E-state index in [2.05, 4.69) is 34.7 Å². The van der Waals surface area contributed by atoms with Crippen molar-refractivity contribution in [2.75, 3.05) is 19.6 Å². The molecule has 0 aliphatic heterocycles. The van der Waals surface area contributed by atoms with Crippen LogP contribution in [0.5, 0.6) is 0 Å². The molecular formula is C15H22BrNO. The number of carbonyl (C=O) groups is 1. The zero-order valence-corrected chi connectivity index (χ0v) is 12.9. The molecule has 0 saturated carbocycles. The van der Waals surface area contributed by atoms with Gasteiger partial charge in [0.2, 0.25) is 0 Å². The van der Waals surface area contributed by atoms with E-state index >= 15 is 0 Å². The van der Waals surface area contributed by atoms with Crippen molar-refractivity contribution in [3.63, 3.8) is 0 Å². The molecule has 18 heavy (non-hydrogen) atoms. The Labute approximate surface area is 119 Å². The third kappa shape index (κ3) is 5.32. The van der Waals surface area contributed by atoms with E-state index in [1.807, 2.05) is 24.3 Å². The second-order valence-corrected chi connectivity index (χ2v) is 5.44. The summed E-state index contributed by atoms with van der Waals surface area (Å²) in [6.45, 7) is 7.40. The van der Waals surface area contributed by atoms with E-state index in [4.69, 9.17) is 0 Å². The van der Waals surface area contributed by atoms with Crippen molar-refractivity contribution in [1.82, 2.24) is 4.90 Å². The molecule has 0 heterocycles. The molecule has 0 bridgehead atoms. The minimum atomic E-state index is 0.236. The zero-order chi connectivity index (χ0) is 13.4. The summed E-state index contributed by atoms with van der Waals surface area (Å²) in [5, 5.41) is 0. The van der Waals surface area contributed by atoms with E-state index in [1.165, 1.54) is 0 Å². The standard InChI is InChI=1S/C15H22BrNO/c1-3-10-17(11-4-2)12-9-15(18)13-5-7-14(16)8-6-13/h5-8H,3-4,9-12H2,1-2H3. The van der Waals surface area contributed by atoms with Crippen LogP contribution in [0.15, 0.2) is 28.7 Å². The Morgan fingerprint density at radius 1 is 1.06 bits per heavy atom. The molecule has 0 atom stereocenters. The average molecular weight is 312 g/mol. The molecule has 0 aromatic heterocycles. The fourth-order valence-electron chi connectivity index (χ4n) is 2.01. The monoisotopic (exact) mass is 311 g/mol. The fourth-order valence-corrected chi connectivity index (χ4v) is 2.27. The van der Waals surface area contributed by atoms with Gasteiger partial charge in [-0.3, -0.25) is 4.79 Å². The summed E-state index contributed by atoms with van der Waals surface area (Å²) in [4.78, 5) is 14.4. The Bertz CT molecular complexity index is 355. The summed E-state index contributed by atoms with van der Waals surface area (Å²) in [5.41, 5.74) is 0.811. The van der Waals surface area contributed by atoms with Crippen molar-refractivity contribution in [1.29, 1.82) is 0 Å². The molecule has 100 valence electrons. The predicted molar refractivity (Wildman–Crippen MR) is 80.1 cm³/mol. The maximum atomic E-state index is 12.0. The second-order valence-electron chi connectivity index (χ2n) is 4.52. The van der Waals surface area contributed by atoms with Crippen LogP contribution in [0.1, 0.15) is 43.5 Å². The van der Waals surface area contributed by atoms with Crippen LogP contribution in [-0.2, 0) is 0 Å². The molecule has 3 heteroatoms. The minimum Gasteiger partial charge on any atom is -0.303 e. The van der Waals surface area contributed by atoms with Gasteiger partial charge in [-0.2, -0.15) is 0 Å². The number of rotatable bonds is 8. The van der Waals surface area contributed by atoms with Gasteiger partial charge in [0.1, 0.15) is 0 Å². The highest BCUT2D eigenvalue weighted by molar-refractivity contribution is 9.10. The summed E-state index contributed by atoms with van der Waals surface area (Å²) in [6.07, 6.45) is 2.90. The number of benzene rings is 1. The lowest BCUT2D eigenvalue weighted by atomic mass is 10.1. The van der Waals surface area contributed by atoms with Gasteiger partial charge in [-0.15, -0.1) is 0 Å². The van der Waals surface area contributed by atoms with Crippen molar-refractivity contribution in [2.45, 2.75) is 33.1 Å². The van der Waals surface area contributed by atoms with Gasteiger partial charge in [-0.25, -0.2) is 0 Å². The van der Waals surface area contributed by atoms with Gasteiger partial charge >= 0.3 is 0 Å². The van der Waals surface area contributed by atoms with Gasteiger partial charge in [0.25, 0.3) is 0 Å². The molecule has 1 rings (SSSR count). The number of nitrogens with zero attached hydrogens (tertiary/aromatic N) is 1. The molecule has 1 aromatic carbocycles. The number of hydrogen-bond donors (Lipinski definition) is 0. The molecule has 0 saturated heterocycles. The summed E-state index contributed by atoms with van der Waals surface area (Å²) in [7, 11) is 0. The van der Waals surface area contributed by atoms with Gasteiger partial charge in [-0.05, 0) is 38.1 Å². The smallest absolute Gasteiger partial charge is 0.164 e. The largest absolute Gasteiger partial charge is 0.303 e. The first-order valence-corrected chi connectivity index (χ1v) is 7.47. The van der Waals surface area contributed by atoms with Crippen molar-refractivity contribution < 1.29 is 4.79 Å². The van der Waals surface area contributed by atoms with Crippen LogP contribution in [0.3, 0.4) is 0 Å². The van der Waals surface area contributed by atoms with Crippen LogP contribution in [0.2, 0.25) is 0 Å². The lowest BCUT2D eigenvalue weighted by Crippen LogP contribution is -2.28. The van der Waals surface area contributed by atoms with Crippen LogP contribution in [0.25, 0.3) is 0 Å². The van der Waals surface area contributed by atoms with Gasteiger partial charge in [0, 0.05) is 23.0 Å². The fraction of sp³-hybridized carbons (Fsp3) is 0.533. The Kier molecular flexibility index (Phi) is 7.21. The first kappa shape index (κ1) is 15.4. The summed E-state index contributed by atoms with van der Waals surface area (Å²) < 4.78 is 1.01. The zero-order valence-electron chi connectivity index (χ0n) is 11.3. The van der Waals surface area contributed by atoms with Gasteiger partial charge in [0.15, 0.2) is 5.78 Å². The number of carbonyl (C=O) groups excluding carboxylic acids is 1. The molecule has 0 spiro atoms. The van der Waals surface area contributed by atoms with Crippen LogP contribution >= 0.6 is 15.9 Å². The lowest BCUT2D eigenvalue weighted by Gasteiger charge is -2.20. The number of hydrogen-bond acceptors (Lipinski definition) is 2. The predicted octanol–water partition coefficient (Wildman–Crippen LogP) is 4.14. The summed E-state index contributed by atoms with van der Waals surface area (Å²) >= 11 is 3.38. The first-order chi connectivity index (χ1) is 8.67.